The zero-order valence-electron chi connectivity index (χ0n) is 12.2. The number of imidazole rings is 1. The van der Waals surface area contributed by atoms with Gasteiger partial charge >= 0.3 is 0 Å². The van der Waals surface area contributed by atoms with Gasteiger partial charge in [0, 0.05) is 38.2 Å². The van der Waals surface area contributed by atoms with Crippen molar-refractivity contribution in [2.75, 3.05) is 20.1 Å². The molecule has 2 aromatic rings. The lowest BCUT2D eigenvalue weighted by Crippen LogP contribution is -2.43. The molecule has 116 valence electrons. The SMILES string of the molecule is CNC(=S)N1CCCC(c2nc3ccc([N+](=O)[O-])cc3[nH]2)C1. The molecule has 0 saturated carbocycles. The summed E-state index contributed by atoms with van der Waals surface area (Å²) in [4.78, 5) is 20.4. The number of hydrogen-bond acceptors (Lipinski definition) is 4. The number of non-ortho nitro benzene ring substituents is 1. The highest BCUT2D eigenvalue weighted by Gasteiger charge is 2.25. The zero-order valence-corrected chi connectivity index (χ0v) is 13.0. The highest BCUT2D eigenvalue weighted by Crippen LogP contribution is 2.28. The van der Waals surface area contributed by atoms with Crippen molar-refractivity contribution >= 4 is 34.1 Å². The van der Waals surface area contributed by atoms with E-state index in [0.29, 0.717) is 5.52 Å². The Morgan fingerprint density at radius 1 is 1.59 bits per heavy atom. The summed E-state index contributed by atoms with van der Waals surface area (Å²) in [6, 6.07) is 4.70. The number of aromatic nitrogens is 2. The number of nitro groups is 1. The minimum atomic E-state index is -0.395. The fourth-order valence-electron chi connectivity index (χ4n) is 2.87. The lowest BCUT2D eigenvalue weighted by Gasteiger charge is -2.33. The van der Waals surface area contributed by atoms with Crippen LogP contribution in [0.5, 0.6) is 0 Å². The predicted octanol–water partition coefficient (Wildman–Crippen LogP) is 2.15. The summed E-state index contributed by atoms with van der Waals surface area (Å²) >= 11 is 5.30. The normalized spacial score (nSPS) is 18.4. The van der Waals surface area contributed by atoms with Gasteiger partial charge < -0.3 is 15.2 Å². The topological polar surface area (TPSA) is 87.1 Å². The maximum atomic E-state index is 10.8. The van der Waals surface area contributed by atoms with Crippen LogP contribution in [0.3, 0.4) is 0 Å². The molecule has 1 aliphatic rings. The average molecular weight is 319 g/mol. The summed E-state index contributed by atoms with van der Waals surface area (Å²) in [5, 5.41) is 14.6. The number of likely N-dealkylation sites (tertiary alicyclic amines) is 1. The van der Waals surface area contributed by atoms with Crippen LogP contribution in [-0.4, -0.2) is 45.0 Å². The number of benzene rings is 1. The Labute approximate surface area is 132 Å². The highest BCUT2D eigenvalue weighted by atomic mass is 32.1. The van der Waals surface area contributed by atoms with Gasteiger partial charge in [-0.25, -0.2) is 4.98 Å². The molecular weight excluding hydrogens is 302 g/mol. The van der Waals surface area contributed by atoms with Crippen molar-refractivity contribution in [3.63, 3.8) is 0 Å². The molecule has 0 spiro atoms. The quantitative estimate of drug-likeness (QED) is 0.501. The minimum Gasteiger partial charge on any atom is -0.366 e. The standard InChI is InChI=1S/C14H17N5O2S/c1-15-14(22)18-6-2-3-9(8-18)13-16-11-5-4-10(19(20)21)7-12(11)17-13/h4-5,7,9H,2-3,6,8H2,1H3,(H,15,22)(H,16,17). The Balaban J connectivity index is 1.86. The Hall–Kier alpha value is -2.22. The van der Waals surface area contributed by atoms with Crippen LogP contribution in [-0.2, 0) is 0 Å². The minimum absolute atomic E-state index is 0.0735. The molecule has 8 heteroatoms. The van der Waals surface area contributed by atoms with E-state index in [1.165, 1.54) is 12.1 Å². The van der Waals surface area contributed by atoms with Crippen molar-refractivity contribution in [3.8, 4) is 0 Å². The van der Waals surface area contributed by atoms with Crippen molar-refractivity contribution in [1.82, 2.24) is 20.2 Å². The van der Waals surface area contributed by atoms with Gasteiger partial charge in [0.25, 0.3) is 5.69 Å². The Kier molecular flexibility index (Phi) is 3.93. The van der Waals surface area contributed by atoms with Crippen LogP contribution in [0.1, 0.15) is 24.6 Å². The number of nitrogens with one attached hydrogen (secondary N) is 2. The van der Waals surface area contributed by atoms with Gasteiger partial charge in [-0.2, -0.15) is 0 Å². The third kappa shape index (κ3) is 2.74. The maximum Gasteiger partial charge on any atom is 0.271 e. The van der Waals surface area contributed by atoms with Crippen LogP contribution in [0.15, 0.2) is 18.2 Å². The first-order valence-electron chi connectivity index (χ1n) is 7.19. The molecule has 0 bridgehead atoms. The van der Waals surface area contributed by atoms with Crippen LogP contribution in [0, 0.1) is 10.1 Å². The molecule has 1 unspecified atom stereocenters. The molecule has 1 aromatic heterocycles. The molecule has 1 aromatic carbocycles. The van der Waals surface area contributed by atoms with Gasteiger partial charge in [-0.1, -0.05) is 0 Å². The van der Waals surface area contributed by atoms with Crippen LogP contribution < -0.4 is 5.32 Å². The van der Waals surface area contributed by atoms with E-state index in [-0.39, 0.29) is 11.6 Å². The summed E-state index contributed by atoms with van der Waals surface area (Å²) < 4.78 is 0. The lowest BCUT2D eigenvalue weighted by molar-refractivity contribution is -0.384. The second-order valence-corrected chi connectivity index (χ2v) is 5.81. The van der Waals surface area contributed by atoms with Gasteiger partial charge in [-0.3, -0.25) is 10.1 Å². The summed E-state index contributed by atoms with van der Waals surface area (Å²) in [7, 11) is 1.83. The van der Waals surface area contributed by atoms with Crippen LogP contribution in [0.2, 0.25) is 0 Å². The van der Waals surface area contributed by atoms with Crippen LogP contribution in [0.4, 0.5) is 5.69 Å². The van der Waals surface area contributed by atoms with Gasteiger partial charge in [-0.05, 0) is 31.1 Å². The van der Waals surface area contributed by atoms with Gasteiger partial charge in [0.1, 0.15) is 5.82 Å². The fourth-order valence-corrected chi connectivity index (χ4v) is 3.03. The number of rotatable bonds is 2. The Morgan fingerprint density at radius 3 is 3.14 bits per heavy atom. The van der Waals surface area contributed by atoms with Crippen LogP contribution in [0.25, 0.3) is 11.0 Å². The van der Waals surface area contributed by atoms with Crippen molar-refractivity contribution in [1.29, 1.82) is 0 Å². The number of H-pyrrole nitrogens is 1. The second-order valence-electron chi connectivity index (χ2n) is 5.42. The molecule has 1 saturated heterocycles. The molecule has 0 aliphatic carbocycles. The first-order chi connectivity index (χ1) is 10.6. The van der Waals surface area contributed by atoms with Crippen molar-refractivity contribution < 1.29 is 4.92 Å². The maximum absolute atomic E-state index is 10.8. The van der Waals surface area contributed by atoms with Crippen molar-refractivity contribution in [3.05, 3.63) is 34.1 Å². The number of aromatic amines is 1. The lowest BCUT2D eigenvalue weighted by atomic mass is 9.98. The molecule has 0 radical (unpaired) electrons. The van der Waals surface area contributed by atoms with Gasteiger partial charge in [0.15, 0.2) is 5.11 Å². The number of hydrogen-bond donors (Lipinski definition) is 2. The van der Waals surface area contributed by atoms with E-state index in [0.717, 1.165) is 42.4 Å². The summed E-state index contributed by atoms with van der Waals surface area (Å²) in [5.41, 5.74) is 1.54. The predicted molar refractivity (Wildman–Crippen MR) is 88.0 cm³/mol. The third-order valence-electron chi connectivity index (χ3n) is 4.00. The largest absolute Gasteiger partial charge is 0.366 e. The molecule has 2 heterocycles. The van der Waals surface area contributed by atoms with E-state index in [1.54, 1.807) is 6.07 Å². The first-order valence-corrected chi connectivity index (χ1v) is 7.60. The van der Waals surface area contributed by atoms with E-state index in [1.807, 2.05) is 7.05 Å². The van der Waals surface area contributed by atoms with Crippen molar-refractivity contribution in [2.45, 2.75) is 18.8 Å². The molecule has 22 heavy (non-hydrogen) atoms. The van der Waals surface area contributed by atoms with Gasteiger partial charge in [0.2, 0.25) is 0 Å². The fraction of sp³-hybridized carbons (Fsp3) is 0.429. The molecule has 1 atom stereocenters. The number of nitrogens with zero attached hydrogens (tertiary/aromatic N) is 3. The zero-order chi connectivity index (χ0) is 15.7. The van der Waals surface area contributed by atoms with Gasteiger partial charge in [0.05, 0.1) is 16.0 Å². The number of thiocarbonyl (C=S) groups is 1. The molecule has 1 fully saturated rings. The van der Waals surface area contributed by atoms with E-state index in [4.69, 9.17) is 12.2 Å². The summed E-state index contributed by atoms with van der Waals surface area (Å²) in [5.74, 6) is 1.13. The van der Waals surface area contributed by atoms with Gasteiger partial charge in [-0.15, -0.1) is 0 Å². The average Bonchev–Trinajstić information content (AvgIpc) is 2.97. The van der Waals surface area contributed by atoms with Crippen molar-refractivity contribution in [2.24, 2.45) is 0 Å². The molecule has 0 amide bonds. The smallest absolute Gasteiger partial charge is 0.271 e. The van der Waals surface area contributed by atoms with Crippen LogP contribution >= 0.6 is 12.2 Å². The first kappa shape index (κ1) is 14.7. The number of nitro benzene ring substituents is 1. The molecule has 3 rings (SSSR count). The Bertz CT molecular complexity index is 729. The summed E-state index contributed by atoms with van der Waals surface area (Å²) in [6.07, 6.45) is 2.08. The molecule has 1 aliphatic heterocycles. The molecule has 7 nitrogen and oxygen atoms in total. The Morgan fingerprint density at radius 2 is 2.41 bits per heavy atom. The van der Waals surface area contributed by atoms with E-state index in [9.17, 15) is 10.1 Å². The van der Waals surface area contributed by atoms with E-state index >= 15 is 0 Å². The molecular formula is C14H17N5O2S. The van der Waals surface area contributed by atoms with E-state index in [2.05, 4.69) is 20.2 Å². The number of fused-ring (bicyclic) bond motifs is 1. The highest BCUT2D eigenvalue weighted by molar-refractivity contribution is 7.80. The second kappa shape index (κ2) is 5.88. The molecule has 2 N–H and O–H groups in total. The third-order valence-corrected chi connectivity index (χ3v) is 4.47. The monoisotopic (exact) mass is 319 g/mol. The van der Waals surface area contributed by atoms with E-state index < -0.39 is 4.92 Å². The summed E-state index contributed by atoms with van der Waals surface area (Å²) in [6.45, 7) is 1.75. The number of piperidine rings is 1.